The molecule has 4 aromatic carbocycles. The average molecular weight is 950 g/mol. The smallest absolute Gasteiger partial charge is 0 e. The molecule has 0 N–H and O–H groups in total. The molecule has 3 heterocycles. The van der Waals surface area contributed by atoms with Gasteiger partial charge >= 0.3 is 137 Å². The van der Waals surface area contributed by atoms with Crippen LogP contribution in [0.3, 0.4) is 0 Å². The second-order valence-corrected chi connectivity index (χ2v) is 27.7. The van der Waals surface area contributed by atoms with Crippen LogP contribution in [0.2, 0.25) is 17.3 Å². The van der Waals surface area contributed by atoms with Gasteiger partial charge in [0.25, 0.3) is 0 Å². The fourth-order valence-corrected chi connectivity index (χ4v) is 11.2. The third-order valence-corrected chi connectivity index (χ3v) is 14.8. The van der Waals surface area contributed by atoms with Gasteiger partial charge < -0.3 is 9.40 Å². The van der Waals surface area contributed by atoms with Gasteiger partial charge in [0.1, 0.15) is 5.58 Å². The Bertz CT molecular complexity index is 2330. The molecule has 8 rings (SSSR count). The number of benzene rings is 4. The summed E-state index contributed by atoms with van der Waals surface area (Å²) >= 11 is -1.87. The van der Waals surface area contributed by atoms with E-state index in [1.807, 2.05) is 24.4 Å². The van der Waals surface area contributed by atoms with E-state index in [0.29, 0.717) is 0 Å². The summed E-state index contributed by atoms with van der Waals surface area (Å²) in [6, 6.07) is 40.5. The molecule has 1 aliphatic rings. The van der Waals surface area contributed by atoms with Gasteiger partial charge in [0, 0.05) is 31.7 Å². The standard InChI is InChI=1S/C29H26NO.C20H26GeN.Ir/c1-19-10-12-23(25-16-20(14-15-30-25)18-29(2,3)4)28-27(19)24-13-11-22(17-26(24)31-28)21-8-6-5-7-9-21;1-21(2,3)19-15-22-20(17-11-5-4-6-12-17)14-18(19)13-16-9-7-8-10-16;/h5-11,13-17H,18H2,1-4H3;4-6,11,14-16H,7-10,13H2,1-3H3;/q2*-1;. The van der Waals surface area contributed by atoms with E-state index >= 15 is 0 Å². The van der Waals surface area contributed by atoms with Gasteiger partial charge in [-0.1, -0.05) is 92.7 Å². The minimum Gasteiger partial charge on any atom is 0 e. The molecule has 0 spiro atoms. The minimum absolute atomic E-state index is 0. The van der Waals surface area contributed by atoms with Crippen LogP contribution < -0.4 is 4.40 Å². The Kier molecular flexibility index (Phi) is 12.5. The first-order valence-corrected chi connectivity index (χ1v) is 26.6. The summed E-state index contributed by atoms with van der Waals surface area (Å²) in [6.45, 7) is 8.89. The maximum Gasteiger partial charge on any atom is 0 e. The van der Waals surface area contributed by atoms with E-state index < -0.39 is 13.3 Å². The second kappa shape index (κ2) is 16.9. The summed E-state index contributed by atoms with van der Waals surface area (Å²) in [5, 5.41) is 2.28. The molecule has 0 saturated heterocycles. The Morgan fingerprint density at radius 2 is 1.57 bits per heavy atom. The molecule has 0 unspecified atom stereocenters. The van der Waals surface area contributed by atoms with Gasteiger partial charge in [-0.25, -0.2) is 0 Å². The quantitative estimate of drug-likeness (QED) is 0.118. The summed E-state index contributed by atoms with van der Waals surface area (Å²) in [4.78, 5) is 9.43. The van der Waals surface area contributed by atoms with E-state index in [0.717, 1.165) is 67.9 Å². The molecule has 54 heavy (non-hydrogen) atoms. The Hall–Kier alpha value is -3.83. The molecule has 3 aromatic heterocycles. The number of rotatable bonds is 7. The summed E-state index contributed by atoms with van der Waals surface area (Å²) in [5.74, 6) is 8.31. The van der Waals surface area contributed by atoms with Crippen molar-refractivity contribution >= 4 is 39.6 Å². The van der Waals surface area contributed by atoms with Crippen LogP contribution in [-0.4, -0.2) is 23.2 Å². The third-order valence-electron chi connectivity index (χ3n) is 10.4. The topological polar surface area (TPSA) is 38.9 Å². The van der Waals surface area contributed by atoms with E-state index in [1.165, 1.54) is 43.2 Å². The molecule has 5 heteroatoms. The van der Waals surface area contributed by atoms with Crippen molar-refractivity contribution in [2.75, 3.05) is 0 Å². The fourth-order valence-electron chi connectivity index (χ4n) is 7.88. The molecule has 1 aliphatic carbocycles. The van der Waals surface area contributed by atoms with Crippen molar-refractivity contribution in [3.05, 3.63) is 138 Å². The van der Waals surface area contributed by atoms with Crippen LogP contribution in [0.1, 0.15) is 63.1 Å². The van der Waals surface area contributed by atoms with E-state index in [2.05, 4.69) is 147 Å². The monoisotopic (exact) mass is 951 g/mol. The number of hydrogen-bond acceptors (Lipinski definition) is 3. The number of hydrogen-bond donors (Lipinski definition) is 0. The zero-order valence-electron chi connectivity index (χ0n) is 32.8. The third kappa shape index (κ3) is 9.33. The molecular formula is C49H52GeIrN2O-2. The maximum absolute atomic E-state index is 6.45. The average Bonchev–Trinajstić information content (AvgIpc) is 3.80. The van der Waals surface area contributed by atoms with E-state index in [4.69, 9.17) is 9.40 Å². The zero-order chi connectivity index (χ0) is 37.2. The van der Waals surface area contributed by atoms with Crippen LogP contribution in [0.5, 0.6) is 0 Å². The summed E-state index contributed by atoms with van der Waals surface area (Å²) in [6.07, 6.45) is 12.0. The normalized spacial score (nSPS) is 13.5. The number of aryl methyl sites for hydroxylation is 1. The van der Waals surface area contributed by atoms with Gasteiger partial charge in [0.15, 0.2) is 0 Å². The number of pyridine rings is 2. The molecule has 1 saturated carbocycles. The molecule has 0 atom stereocenters. The molecule has 3 nitrogen and oxygen atoms in total. The Morgan fingerprint density at radius 3 is 2.28 bits per heavy atom. The van der Waals surface area contributed by atoms with Crippen molar-refractivity contribution < 1.29 is 24.5 Å². The number of aromatic nitrogens is 2. The predicted molar refractivity (Wildman–Crippen MR) is 226 cm³/mol. The van der Waals surface area contributed by atoms with Gasteiger partial charge in [-0.3, -0.25) is 0 Å². The first-order chi connectivity index (χ1) is 25.4. The predicted octanol–water partition coefficient (Wildman–Crippen LogP) is 12.8. The summed E-state index contributed by atoms with van der Waals surface area (Å²) in [5.41, 5.74) is 12.4. The van der Waals surface area contributed by atoms with Crippen LogP contribution in [0, 0.1) is 30.4 Å². The molecule has 0 aliphatic heterocycles. The molecular weight excluding hydrogens is 897 g/mol. The first kappa shape index (κ1) is 39.9. The largest absolute Gasteiger partial charge is 0 e. The Labute approximate surface area is 338 Å². The van der Waals surface area contributed by atoms with Crippen molar-refractivity contribution in [1.82, 2.24) is 9.97 Å². The molecule has 279 valence electrons. The van der Waals surface area contributed by atoms with Gasteiger partial charge in [-0.05, 0) is 40.8 Å². The van der Waals surface area contributed by atoms with Gasteiger partial charge in [0.05, 0.1) is 5.58 Å². The van der Waals surface area contributed by atoms with Crippen molar-refractivity contribution in [3.8, 4) is 33.6 Å². The van der Waals surface area contributed by atoms with Crippen LogP contribution >= 0.6 is 0 Å². The Morgan fingerprint density at radius 1 is 0.815 bits per heavy atom. The van der Waals surface area contributed by atoms with Crippen molar-refractivity contribution in [3.63, 3.8) is 0 Å². The van der Waals surface area contributed by atoms with Crippen LogP contribution in [-0.2, 0) is 32.9 Å². The van der Waals surface area contributed by atoms with Crippen molar-refractivity contribution in [1.29, 1.82) is 0 Å². The minimum atomic E-state index is -1.87. The molecule has 1 radical (unpaired) electrons. The molecule has 0 amide bonds. The molecule has 0 bridgehead atoms. The van der Waals surface area contributed by atoms with Crippen LogP contribution in [0.4, 0.5) is 0 Å². The van der Waals surface area contributed by atoms with Crippen molar-refractivity contribution in [2.45, 2.75) is 83.5 Å². The van der Waals surface area contributed by atoms with Gasteiger partial charge in [-0.15, -0.1) is 17.7 Å². The molecule has 1 fully saturated rings. The van der Waals surface area contributed by atoms with E-state index in [1.54, 1.807) is 9.96 Å². The fraction of sp³-hybridized carbons (Fsp3) is 0.306. The number of nitrogens with zero attached hydrogens (tertiary/aromatic N) is 2. The summed E-state index contributed by atoms with van der Waals surface area (Å²) < 4.78 is 8.04. The zero-order valence-corrected chi connectivity index (χ0v) is 37.3. The summed E-state index contributed by atoms with van der Waals surface area (Å²) in [7, 11) is 0. The van der Waals surface area contributed by atoms with Gasteiger partial charge in [-0.2, -0.15) is 0 Å². The second-order valence-electron chi connectivity index (χ2n) is 17.1. The Balaban J connectivity index is 0.000000191. The van der Waals surface area contributed by atoms with E-state index in [9.17, 15) is 0 Å². The van der Waals surface area contributed by atoms with Crippen molar-refractivity contribution in [2.24, 2.45) is 11.3 Å². The molecule has 7 aromatic rings. The van der Waals surface area contributed by atoms with Crippen LogP contribution in [0.15, 0.2) is 114 Å². The number of fused-ring (bicyclic) bond motifs is 3. The first-order valence-electron chi connectivity index (χ1n) is 19.3. The maximum atomic E-state index is 6.45. The number of furan rings is 1. The van der Waals surface area contributed by atoms with E-state index in [-0.39, 0.29) is 25.5 Å². The SMILES string of the molecule is Cc1c[c-]c(-c2cc(CC(C)(C)C)ccn2)c2oc3cc(-c4ccccc4)ccc3c12.[CH3][Ge]([CH3])([CH3])[c]1cnc(-c2[c-]cccc2)cc1CC1CCCC1.[Ir]. The van der Waals surface area contributed by atoms with Gasteiger partial charge in [0.2, 0.25) is 0 Å². The van der Waals surface area contributed by atoms with Crippen LogP contribution in [0.25, 0.3) is 55.6 Å².